The average Bonchev–Trinajstić information content (AvgIpc) is 3.17. The first kappa shape index (κ1) is 23.8. The number of halogens is 4. The summed E-state index contributed by atoms with van der Waals surface area (Å²) in [6, 6.07) is 4.48. The molecule has 0 unspecified atom stereocenters. The number of rotatable bonds is 4. The van der Waals surface area contributed by atoms with Crippen molar-refractivity contribution in [3.05, 3.63) is 57.1 Å². The van der Waals surface area contributed by atoms with E-state index in [1.807, 2.05) is 0 Å². The van der Waals surface area contributed by atoms with Crippen LogP contribution >= 0.6 is 12.4 Å². The predicted octanol–water partition coefficient (Wildman–Crippen LogP) is 4.56. The summed E-state index contributed by atoms with van der Waals surface area (Å²) >= 11 is 0. The number of hydrogen-bond donors (Lipinski definition) is 0. The zero-order chi connectivity index (χ0) is 22.5. The second kappa shape index (κ2) is 9.10. The Morgan fingerprint density at radius 2 is 1.97 bits per heavy atom. The van der Waals surface area contributed by atoms with Crippen LogP contribution in [0.2, 0.25) is 0 Å². The van der Waals surface area contributed by atoms with Gasteiger partial charge in [-0.3, -0.25) is 9.36 Å². The van der Waals surface area contributed by atoms with Crippen LogP contribution in [0, 0.1) is 12.7 Å². The van der Waals surface area contributed by atoms with Gasteiger partial charge in [-0.1, -0.05) is 5.16 Å². The van der Waals surface area contributed by atoms with E-state index < -0.39 is 11.7 Å². The van der Waals surface area contributed by atoms with Crippen molar-refractivity contribution in [3.8, 4) is 0 Å². The Hall–Kier alpha value is -2.39. The van der Waals surface area contributed by atoms with Crippen molar-refractivity contribution >= 4 is 23.4 Å². The molecule has 6 nitrogen and oxygen atoms in total. The lowest BCUT2D eigenvalue weighted by Crippen LogP contribution is -2.40. The van der Waals surface area contributed by atoms with E-state index in [0.29, 0.717) is 36.4 Å². The molecule has 0 bridgehead atoms. The molecule has 0 saturated carbocycles. The van der Waals surface area contributed by atoms with E-state index in [9.17, 15) is 18.0 Å². The minimum Gasteiger partial charge on any atom is -0.356 e. The fraction of sp³-hybridized carbons (Fsp3) is 0.522. The van der Waals surface area contributed by atoms with Crippen molar-refractivity contribution in [1.29, 1.82) is 0 Å². The van der Waals surface area contributed by atoms with Gasteiger partial charge < -0.3 is 9.42 Å². The van der Waals surface area contributed by atoms with E-state index in [4.69, 9.17) is 4.52 Å². The molecule has 2 aliphatic heterocycles. The maximum Gasteiger partial charge on any atom is 0.305 e. The Bertz CT molecular complexity index is 1220. The van der Waals surface area contributed by atoms with Crippen LogP contribution in [0.25, 0.3) is 11.0 Å². The average molecular weight is 483 g/mol. The van der Waals surface area contributed by atoms with Crippen LogP contribution in [-0.2, 0) is 18.9 Å². The molecule has 0 spiro atoms. The fourth-order valence-electron chi connectivity index (χ4n) is 4.97. The molecular weight excluding hydrogens is 457 g/mol. The summed E-state index contributed by atoms with van der Waals surface area (Å²) < 4.78 is 48.2. The van der Waals surface area contributed by atoms with Crippen molar-refractivity contribution in [2.24, 2.45) is 0 Å². The smallest absolute Gasteiger partial charge is 0.305 e. The minimum absolute atomic E-state index is 0. The summed E-state index contributed by atoms with van der Waals surface area (Å²) in [5.74, 6) is -3.55. The van der Waals surface area contributed by atoms with E-state index in [1.165, 1.54) is 12.1 Å². The molecule has 0 aliphatic carbocycles. The summed E-state index contributed by atoms with van der Waals surface area (Å²) in [4.78, 5) is 19.3. The van der Waals surface area contributed by atoms with Crippen LogP contribution in [0.5, 0.6) is 0 Å². The van der Waals surface area contributed by atoms with Crippen LogP contribution in [-0.4, -0.2) is 39.2 Å². The summed E-state index contributed by atoms with van der Waals surface area (Å²) in [5, 5.41) is 5.03. The SMILES string of the molecule is Cc1nc2n(c(=O)c1CCN1CCC(c3noc4cc(F)ccc34)CC1)CCCC2(F)F.Cl. The maximum absolute atomic E-state index is 14.2. The van der Waals surface area contributed by atoms with E-state index in [1.54, 1.807) is 13.0 Å². The number of aromatic nitrogens is 3. The highest BCUT2D eigenvalue weighted by molar-refractivity contribution is 5.85. The number of nitrogens with zero attached hydrogens (tertiary/aromatic N) is 4. The molecule has 4 heterocycles. The van der Waals surface area contributed by atoms with Gasteiger partial charge in [-0.15, -0.1) is 12.4 Å². The molecule has 0 amide bonds. The quantitative estimate of drug-likeness (QED) is 0.545. The maximum atomic E-state index is 14.2. The Kier molecular flexibility index (Phi) is 6.55. The molecule has 1 saturated heterocycles. The fourth-order valence-corrected chi connectivity index (χ4v) is 4.97. The highest BCUT2D eigenvalue weighted by Crippen LogP contribution is 2.35. The Balaban J connectivity index is 0.00000259. The van der Waals surface area contributed by atoms with Gasteiger partial charge in [0.15, 0.2) is 11.4 Å². The molecule has 0 radical (unpaired) electrons. The minimum atomic E-state index is -3.04. The van der Waals surface area contributed by atoms with Crippen molar-refractivity contribution in [3.63, 3.8) is 0 Å². The molecule has 3 aromatic rings. The lowest BCUT2D eigenvalue weighted by molar-refractivity contribution is -0.0415. The Morgan fingerprint density at radius 3 is 2.73 bits per heavy atom. The summed E-state index contributed by atoms with van der Waals surface area (Å²) in [6.45, 7) is 4.27. The van der Waals surface area contributed by atoms with Crippen LogP contribution in [0.3, 0.4) is 0 Å². The number of benzene rings is 1. The lowest BCUT2D eigenvalue weighted by Gasteiger charge is -2.31. The van der Waals surface area contributed by atoms with Gasteiger partial charge in [0.25, 0.3) is 5.56 Å². The van der Waals surface area contributed by atoms with Gasteiger partial charge in [-0.25, -0.2) is 9.37 Å². The van der Waals surface area contributed by atoms with E-state index in [2.05, 4.69) is 15.0 Å². The normalized spacial score (nSPS) is 18.8. The van der Waals surface area contributed by atoms with Crippen molar-refractivity contribution in [1.82, 2.24) is 19.6 Å². The summed E-state index contributed by atoms with van der Waals surface area (Å²) in [6.07, 6.45) is 2.27. The number of alkyl halides is 2. The van der Waals surface area contributed by atoms with Gasteiger partial charge in [-0.05, 0) is 57.8 Å². The molecule has 1 fully saturated rings. The number of piperidine rings is 1. The van der Waals surface area contributed by atoms with Crippen molar-refractivity contribution < 1.29 is 17.7 Å². The van der Waals surface area contributed by atoms with Crippen LogP contribution in [0.15, 0.2) is 27.5 Å². The summed E-state index contributed by atoms with van der Waals surface area (Å²) in [7, 11) is 0. The molecule has 5 rings (SSSR count). The molecule has 1 aromatic carbocycles. The third-order valence-corrected chi connectivity index (χ3v) is 6.78. The van der Waals surface area contributed by atoms with Gasteiger partial charge in [0.2, 0.25) is 0 Å². The zero-order valence-electron chi connectivity index (χ0n) is 18.3. The molecule has 0 atom stereocenters. The van der Waals surface area contributed by atoms with E-state index in [0.717, 1.165) is 41.6 Å². The molecular formula is C23H26ClF3N4O2. The number of fused-ring (bicyclic) bond motifs is 2. The van der Waals surface area contributed by atoms with Crippen LogP contribution < -0.4 is 5.56 Å². The third-order valence-electron chi connectivity index (χ3n) is 6.78. The van der Waals surface area contributed by atoms with Gasteiger partial charge in [-0.2, -0.15) is 8.78 Å². The van der Waals surface area contributed by atoms with E-state index >= 15 is 0 Å². The number of likely N-dealkylation sites (tertiary alicyclic amines) is 1. The first-order chi connectivity index (χ1) is 15.3. The van der Waals surface area contributed by atoms with Gasteiger partial charge in [0, 0.05) is 48.1 Å². The van der Waals surface area contributed by atoms with Gasteiger partial charge in [0.05, 0.1) is 5.69 Å². The predicted molar refractivity (Wildman–Crippen MR) is 120 cm³/mol. The highest BCUT2D eigenvalue weighted by atomic mass is 35.5. The van der Waals surface area contributed by atoms with E-state index in [-0.39, 0.29) is 42.5 Å². The second-order valence-electron chi connectivity index (χ2n) is 8.84. The summed E-state index contributed by atoms with van der Waals surface area (Å²) in [5.41, 5.74) is 1.93. The molecule has 178 valence electrons. The molecule has 33 heavy (non-hydrogen) atoms. The topological polar surface area (TPSA) is 64.2 Å². The molecule has 2 aliphatic rings. The highest BCUT2D eigenvalue weighted by Gasteiger charge is 2.40. The third kappa shape index (κ3) is 4.40. The number of hydrogen-bond acceptors (Lipinski definition) is 5. The first-order valence-corrected chi connectivity index (χ1v) is 11.1. The zero-order valence-corrected chi connectivity index (χ0v) is 19.1. The van der Waals surface area contributed by atoms with Crippen molar-refractivity contribution in [2.75, 3.05) is 19.6 Å². The molecule has 2 aromatic heterocycles. The Morgan fingerprint density at radius 1 is 1.21 bits per heavy atom. The second-order valence-corrected chi connectivity index (χ2v) is 8.84. The van der Waals surface area contributed by atoms with Crippen LogP contribution in [0.4, 0.5) is 13.2 Å². The molecule has 10 heteroatoms. The number of aryl methyl sites for hydroxylation is 1. The largest absolute Gasteiger partial charge is 0.356 e. The first-order valence-electron chi connectivity index (χ1n) is 11.1. The molecule has 0 N–H and O–H groups in total. The van der Waals surface area contributed by atoms with Gasteiger partial charge >= 0.3 is 5.92 Å². The lowest BCUT2D eigenvalue weighted by atomic mass is 9.91. The standard InChI is InChI=1S/C23H25F3N4O2.ClH/c1-14-17(21(31)30-9-2-8-23(25,26)22(30)27-14)7-12-29-10-5-15(6-11-29)20-18-4-3-16(24)13-19(18)32-28-20;/h3-4,13,15H,2,5-12H2,1H3;1H. The Labute approximate surface area is 195 Å². The van der Waals surface area contributed by atoms with Crippen LogP contribution in [0.1, 0.15) is 54.4 Å². The van der Waals surface area contributed by atoms with Gasteiger partial charge in [0.1, 0.15) is 5.82 Å². The monoisotopic (exact) mass is 482 g/mol. The van der Waals surface area contributed by atoms with Crippen molar-refractivity contribution in [2.45, 2.75) is 57.4 Å².